The Hall–Kier alpha value is -3.88. The minimum atomic E-state index is -3.93. The molecule has 1 saturated heterocycles. The Morgan fingerprint density at radius 2 is 1.71 bits per heavy atom. The lowest BCUT2D eigenvalue weighted by atomic mass is 10.2. The third-order valence-corrected chi connectivity index (χ3v) is 7.50. The average molecular weight is 482 g/mol. The molecule has 1 aliphatic heterocycles. The Labute approximate surface area is 195 Å². The fourth-order valence-corrected chi connectivity index (χ4v) is 5.33. The first kappa shape index (κ1) is 23.3. The molecule has 34 heavy (non-hydrogen) atoms. The average Bonchev–Trinajstić information content (AvgIpc) is 2.84. The summed E-state index contributed by atoms with van der Waals surface area (Å²) in [7, 11) is -3.93. The summed E-state index contributed by atoms with van der Waals surface area (Å²) >= 11 is 0. The van der Waals surface area contributed by atoms with Crippen molar-refractivity contribution in [1.29, 1.82) is 5.26 Å². The van der Waals surface area contributed by atoms with Gasteiger partial charge in [0, 0.05) is 37.9 Å². The summed E-state index contributed by atoms with van der Waals surface area (Å²) in [6, 6.07) is 14.9. The first-order chi connectivity index (χ1) is 16.2. The maximum absolute atomic E-state index is 14.3. The molecule has 1 fully saturated rings. The van der Waals surface area contributed by atoms with Crippen molar-refractivity contribution in [1.82, 2.24) is 19.0 Å². The normalized spacial score (nSPS) is 14.6. The van der Waals surface area contributed by atoms with Gasteiger partial charge in [-0.05, 0) is 31.2 Å². The Morgan fingerprint density at radius 3 is 2.38 bits per heavy atom. The van der Waals surface area contributed by atoms with Gasteiger partial charge in [0.05, 0.1) is 10.5 Å². The molecule has 0 atom stereocenters. The van der Waals surface area contributed by atoms with E-state index in [1.165, 1.54) is 56.4 Å². The van der Waals surface area contributed by atoms with Crippen molar-refractivity contribution in [3.05, 3.63) is 87.6 Å². The summed E-state index contributed by atoms with van der Waals surface area (Å²) in [4.78, 5) is 26.8. The fraction of sp³-hybridized carbons (Fsp3) is 0.217. The van der Waals surface area contributed by atoms with Crippen LogP contribution in [0.2, 0.25) is 0 Å². The van der Waals surface area contributed by atoms with Crippen molar-refractivity contribution < 1.29 is 17.6 Å². The minimum Gasteiger partial charge on any atom is -0.334 e. The van der Waals surface area contributed by atoms with E-state index in [-0.39, 0.29) is 48.0 Å². The van der Waals surface area contributed by atoms with Crippen LogP contribution in [0.1, 0.15) is 21.7 Å². The molecule has 2 heterocycles. The molecule has 0 spiro atoms. The Kier molecular flexibility index (Phi) is 6.28. The van der Waals surface area contributed by atoms with Crippen LogP contribution in [0.5, 0.6) is 0 Å². The molecule has 0 unspecified atom stereocenters. The van der Waals surface area contributed by atoms with Crippen LogP contribution in [0.3, 0.4) is 0 Å². The van der Waals surface area contributed by atoms with Gasteiger partial charge in [-0.25, -0.2) is 17.5 Å². The second-order valence-corrected chi connectivity index (χ2v) is 9.57. The number of nitriles is 1. The highest BCUT2D eigenvalue weighted by Gasteiger charge is 2.33. The Morgan fingerprint density at radius 1 is 1.06 bits per heavy atom. The molecule has 9 nitrogen and oxygen atoms in total. The molecular weight excluding hydrogens is 461 g/mol. The number of hydrogen-bond donors (Lipinski definition) is 0. The number of aromatic nitrogens is 2. The van der Waals surface area contributed by atoms with E-state index in [9.17, 15) is 27.7 Å². The van der Waals surface area contributed by atoms with Crippen LogP contribution in [0, 0.1) is 24.1 Å². The lowest BCUT2D eigenvalue weighted by molar-refractivity contribution is 0.0688. The highest BCUT2D eigenvalue weighted by molar-refractivity contribution is 7.89. The van der Waals surface area contributed by atoms with Crippen LogP contribution in [-0.2, 0) is 10.0 Å². The lowest BCUT2D eigenvalue weighted by Crippen LogP contribution is -2.51. The van der Waals surface area contributed by atoms with Crippen molar-refractivity contribution in [2.45, 2.75) is 11.8 Å². The van der Waals surface area contributed by atoms with E-state index in [4.69, 9.17) is 0 Å². The number of sulfonamides is 1. The van der Waals surface area contributed by atoms with Crippen LogP contribution in [0.25, 0.3) is 5.69 Å². The summed E-state index contributed by atoms with van der Waals surface area (Å²) in [6.07, 6.45) is 0. The molecule has 11 heteroatoms. The number of benzene rings is 2. The number of para-hydroxylation sites is 1. The second-order valence-electron chi connectivity index (χ2n) is 7.67. The zero-order chi connectivity index (χ0) is 24.5. The maximum Gasteiger partial charge on any atom is 0.278 e. The van der Waals surface area contributed by atoms with Gasteiger partial charge in [-0.1, -0.05) is 24.3 Å². The zero-order valence-electron chi connectivity index (χ0n) is 18.2. The second kappa shape index (κ2) is 9.17. The van der Waals surface area contributed by atoms with Gasteiger partial charge in [-0.2, -0.15) is 14.7 Å². The van der Waals surface area contributed by atoms with E-state index in [2.05, 4.69) is 5.10 Å². The molecule has 1 amide bonds. The molecule has 0 saturated carbocycles. The van der Waals surface area contributed by atoms with E-state index >= 15 is 0 Å². The molecule has 1 aliphatic rings. The summed E-state index contributed by atoms with van der Waals surface area (Å²) in [5, 5.41) is 13.4. The van der Waals surface area contributed by atoms with Crippen LogP contribution in [0.4, 0.5) is 4.39 Å². The van der Waals surface area contributed by atoms with Gasteiger partial charge in [0.25, 0.3) is 5.91 Å². The maximum atomic E-state index is 14.3. The van der Waals surface area contributed by atoms with Gasteiger partial charge in [-0.3, -0.25) is 9.59 Å². The van der Waals surface area contributed by atoms with E-state index in [0.29, 0.717) is 5.69 Å². The molecule has 0 radical (unpaired) electrons. The number of rotatable bonds is 4. The van der Waals surface area contributed by atoms with Crippen LogP contribution < -0.4 is 5.43 Å². The highest BCUT2D eigenvalue weighted by atomic mass is 32.2. The fourth-order valence-electron chi connectivity index (χ4n) is 3.77. The molecule has 4 rings (SSSR count). The standard InChI is InChI=1S/C23H20FN5O4S/c1-16-14-20(30)22(26-29(16)19-8-4-3-7-18(19)24)23(31)27-10-12-28(13-11-27)34(32,33)21-9-5-2-6-17(21)15-25/h2-9,14H,10-13H2,1H3. The first-order valence-corrected chi connectivity index (χ1v) is 11.8. The molecule has 174 valence electrons. The highest BCUT2D eigenvalue weighted by Crippen LogP contribution is 2.21. The Bertz CT molecular complexity index is 1470. The first-order valence-electron chi connectivity index (χ1n) is 10.4. The van der Waals surface area contributed by atoms with E-state index in [0.717, 1.165) is 0 Å². The number of carbonyl (C=O) groups is 1. The quantitative estimate of drug-likeness (QED) is 0.560. The van der Waals surface area contributed by atoms with Crippen molar-refractivity contribution in [3.63, 3.8) is 0 Å². The SMILES string of the molecule is Cc1cc(=O)c(C(=O)N2CCN(S(=O)(=O)c3ccccc3C#N)CC2)nn1-c1ccccc1F. The number of nitrogens with zero attached hydrogens (tertiary/aromatic N) is 5. The number of halogens is 1. The van der Waals surface area contributed by atoms with Crippen LogP contribution >= 0.6 is 0 Å². The number of amides is 1. The molecule has 2 aromatic carbocycles. The van der Waals surface area contributed by atoms with Gasteiger partial charge in [-0.15, -0.1) is 0 Å². The predicted molar refractivity (Wildman–Crippen MR) is 120 cm³/mol. The number of piperazine rings is 1. The minimum absolute atomic E-state index is 0.0127. The summed E-state index contributed by atoms with van der Waals surface area (Å²) in [5.74, 6) is -1.22. The van der Waals surface area contributed by atoms with E-state index < -0.39 is 27.2 Å². The molecule has 0 bridgehead atoms. The van der Waals surface area contributed by atoms with Gasteiger partial charge in [0.2, 0.25) is 15.5 Å². The van der Waals surface area contributed by atoms with Crippen molar-refractivity contribution in [2.24, 2.45) is 0 Å². The predicted octanol–water partition coefficient (Wildman–Crippen LogP) is 1.70. The molecule has 0 aliphatic carbocycles. The molecule has 1 aromatic heterocycles. The van der Waals surface area contributed by atoms with Crippen molar-refractivity contribution >= 4 is 15.9 Å². The summed E-state index contributed by atoms with van der Waals surface area (Å²) < 4.78 is 42.7. The Balaban J connectivity index is 1.57. The van der Waals surface area contributed by atoms with Gasteiger partial charge >= 0.3 is 0 Å². The van der Waals surface area contributed by atoms with Crippen LogP contribution in [0.15, 0.2) is 64.3 Å². The van der Waals surface area contributed by atoms with E-state index in [1.54, 1.807) is 19.1 Å². The number of aryl methyl sites for hydroxylation is 1. The smallest absolute Gasteiger partial charge is 0.278 e. The third-order valence-electron chi connectivity index (χ3n) is 5.54. The topological polar surface area (TPSA) is 116 Å². The van der Waals surface area contributed by atoms with Crippen LogP contribution in [-0.4, -0.2) is 59.5 Å². The molecule has 3 aromatic rings. The van der Waals surface area contributed by atoms with Gasteiger partial charge < -0.3 is 4.90 Å². The largest absolute Gasteiger partial charge is 0.334 e. The zero-order valence-corrected chi connectivity index (χ0v) is 19.0. The van der Waals surface area contributed by atoms with Crippen molar-refractivity contribution in [3.8, 4) is 11.8 Å². The summed E-state index contributed by atoms with van der Waals surface area (Å²) in [6.45, 7) is 1.61. The molecular formula is C23H20FN5O4S. The number of carbonyl (C=O) groups excluding carboxylic acids is 1. The number of hydrogen-bond acceptors (Lipinski definition) is 6. The monoisotopic (exact) mass is 481 g/mol. The lowest BCUT2D eigenvalue weighted by Gasteiger charge is -2.33. The third kappa shape index (κ3) is 4.21. The van der Waals surface area contributed by atoms with Gasteiger partial charge in [0.15, 0.2) is 5.69 Å². The van der Waals surface area contributed by atoms with E-state index in [1.807, 2.05) is 6.07 Å². The van der Waals surface area contributed by atoms with Crippen molar-refractivity contribution in [2.75, 3.05) is 26.2 Å². The van der Waals surface area contributed by atoms with Gasteiger partial charge in [0.1, 0.15) is 17.6 Å². The molecule has 0 N–H and O–H groups in total. The summed E-state index contributed by atoms with van der Waals surface area (Å²) in [5.41, 5.74) is -0.480.